The normalized spacial score (nSPS) is 25.9. The molecule has 1 heterocycles. The highest BCUT2D eigenvalue weighted by Gasteiger charge is 2.23. The van der Waals surface area contributed by atoms with Crippen molar-refractivity contribution in [2.75, 3.05) is 6.54 Å². The lowest BCUT2D eigenvalue weighted by Crippen LogP contribution is -2.36. The number of nitrogens with zero attached hydrogens (tertiary/aromatic N) is 3. The number of aliphatic hydroxyl groups is 1. The molecule has 1 aliphatic carbocycles. The number of hydrogen-bond acceptors (Lipinski definition) is 4. The van der Waals surface area contributed by atoms with Crippen molar-refractivity contribution in [2.45, 2.75) is 44.4 Å². The zero-order chi connectivity index (χ0) is 10.5. The summed E-state index contributed by atoms with van der Waals surface area (Å²) in [4.78, 5) is 0. The van der Waals surface area contributed by atoms with Gasteiger partial charge in [0.15, 0.2) is 0 Å². The zero-order valence-electron chi connectivity index (χ0n) is 8.84. The Morgan fingerprint density at radius 1 is 1.47 bits per heavy atom. The molecule has 1 aliphatic rings. The topological polar surface area (TPSA) is 63.0 Å². The molecule has 0 spiro atoms. The average molecular weight is 210 g/mol. The van der Waals surface area contributed by atoms with Gasteiger partial charge in [0, 0.05) is 18.8 Å². The fourth-order valence-corrected chi connectivity index (χ4v) is 2.06. The summed E-state index contributed by atoms with van der Waals surface area (Å²) in [6.07, 6.45) is 7.62. The standard InChI is InChI=1S/C10H18N4O/c15-10-4-1-3-9(10)11-5-2-7-14-8-6-12-13-14/h6,8-11,15H,1-5,7H2. The fourth-order valence-electron chi connectivity index (χ4n) is 2.06. The molecule has 2 unspecified atom stereocenters. The highest BCUT2D eigenvalue weighted by molar-refractivity contribution is 4.82. The molecule has 0 amide bonds. The maximum atomic E-state index is 9.58. The average Bonchev–Trinajstić information content (AvgIpc) is 2.85. The molecule has 2 atom stereocenters. The van der Waals surface area contributed by atoms with Crippen LogP contribution in [0.15, 0.2) is 12.4 Å². The van der Waals surface area contributed by atoms with E-state index in [9.17, 15) is 5.11 Å². The molecule has 0 aliphatic heterocycles. The van der Waals surface area contributed by atoms with Gasteiger partial charge in [0.2, 0.25) is 0 Å². The van der Waals surface area contributed by atoms with Gasteiger partial charge in [-0.1, -0.05) is 5.21 Å². The second-order valence-corrected chi connectivity index (χ2v) is 4.08. The highest BCUT2D eigenvalue weighted by atomic mass is 16.3. The lowest BCUT2D eigenvalue weighted by Gasteiger charge is -2.15. The summed E-state index contributed by atoms with van der Waals surface area (Å²) < 4.78 is 1.83. The molecule has 0 saturated heterocycles. The third-order valence-corrected chi connectivity index (χ3v) is 2.92. The van der Waals surface area contributed by atoms with Crippen molar-refractivity contribution in [1.29, 1.82) is 0 Å². The predicted molar refractivity (Wildman–Crippen MR) is 56.3 cm³/mol. The monoisotopic (exact) mass is 210 g/mol. The first kappa shape index (κ1) is 10.6. The van der Waals surface area contributed by atoms with E-state index in [1.165, 1.54) is 0 Å². The number of rotatable bonds is 5. The summed E-state index contributed by atoms with van der Waals surface area (Å²) in [5.74, 6) is 0. The van der Waals surface area contributed by atoms with E-state index in [1.807, 2.05) is 10.9 Å². The Hall–Kier alpha value is -0.940. The van der Waals surface area contributed by atoms with Crippen LogP contribution >= 0.6 is 0 Å². The third kappa shape index (κ3) is 3.00. The van der Waals surface area contributed by atoms with Crippen LogP contribution in [0.25, 0.3) is 0 Å². The minimum absolute atomic E-state index is 0.142. The van der Waals surface area contributed by atoms with Gasteiger partial charge in [-0.3, -0.25) is 4.68 Å². The van der Waals surface area contributed by atoms with E-state index in [0.717, 1.165) is 38.8 Å². The maximum Gasteiger partial charge on any atom is 0.0693 e. The van der Waals surface area contributed by atoms with Crippen molar-refractivity contribution < 1.29 is 5.11 Å². The summed E-state index contributed by atoms with van der Waals surface area (Å²) >= 11 is 0. The summed E-state index contributed by atoms with van der Waals surface area (Å²) in [7, 11) is 0. The molecule has 5 heteroatoms. The minimum atomic E-state index is -0.142. The van der Waals surface area contributed by atoms with Crippen molar-refractivity contribution in [3.8, 4) is 0 Å². The van der Waals surface area contributed by atoms with Gasteiger partial charge in [-0.25, -0.2) is 0 Å². The molecule has 0 bridgehead atoms. The third-order valence-electron chi connectivity index (χ3n) is 2.92. The summed E-state index contributed by atoms with van der Waals surface area (Å²) in [6.45, 7) is 1.82. The molecule has 5 nitrogen and oxygen atoms in total. The largest absolute Gasteiger partial charge is 0.392 e. The zero-order valence-corrected chi connectivity index (χ0v) is 8.84. The van der Waals surface area contributed by atoms with Crippen LogP contribution < -0.4 is 5.32 Å². The Morgan fingerprint density at radius 3 is 3.07 bits per heavy atom. The molecule has 1 fully saturated rings. The summed E-state index contributed by atoms with van der Waals surface area (Å²) in [5.41, 5.74) is 0. The number of nitrogens with one attached hydrogen (secondary N) is 1. The van der Waals surface area contributed by atoms with Gasteiger partial charge in [-0.05, 0) is 32.2 Å². The van der Waals surface area contributed by atoms with Crippen LogP contribution in [0.5, 0.6) is 0 Å². The van der Waals surface area contributed by atoms with Gasteiger partial charge in [0.25, 0.3) is 0 Å². The van der Waals surface area contributed by atoms with E-state index < -0.39 is 0 Å². The maximum absolute atomic E-state index is 9.58. The Balaban J connectivity index is 1.59. The second kappa shape index (κ2) is 5.23. The Bertz CT molecular complexity index is 275. The van der Waals surface area contributed by atoms with Crippen molar-refractivity contribution in [1.82, 2.24) is 20.3 Å². The molecule has 2 rings (SSSR count). The van der Waals surface area contributed by atoms with Crippen LogP contribution in [0.3, 0.4) is 0 Å². The van der Waals surface area contributed by atoms with Crippen molar-refractivity contribution in [3.05, 3.63) is 12.4 Å². The lowest BCUT2D eigenvalue weighted by atomic mass is 10.2. The van der Waals surface area contributed by atoms with Crippen molar-refractivity contribution in [3.63, 3.8) is 0 Å². The van der Waals surface area contributed by atoms with Gasteiger partial charge in [-0.2, -0.15) is 0 Å². The molecule has 0 aromatic carbocycles. The van der Waals surface area contributed by atoms with E-state index >= 15 is 0 Å². The van der Waals surface area contributed by atoms with Gasteiger partial charge < -0.3 is 10.4 Å². The second-order valence-electron chi connectivity index (χ2n) is 4.08. The molecule has 1 saturated carbocycles. The van der Waals surface area contributed by atoms with Gasteiger partial charge >= 0.3 is 0 Å². The first-order valence-electron chi connectivity index (χ1n) is 5.62. The summed E-state index contributed by atoms with van der Waals surface area (Å²) in [6, 6.07) is 0.306. The lowest BCUT2D eigenvalue weighted by molar-refractivity contribution is 0.149. The number of hydrogen-bond donors (Lipinski definition) is 2. The van der Waals surface area contributed by atoms with Crippen molar-refractivity contribution in [2.24, 2.45) is 0 Å². The van der Waals surface area contributed by atoms with Crippen LogP contribution in [0.2, 0.25) is 0 Å². The van der Waals surface area contributed by atoms with E-state index in [-0.39, 0.29) is 6.10 Å². The quantitative estimate of drug-likeness (QED) is 0.680. The number of aromatic nitrogens is 3. The van der Waals surface area contributed by atoms with Gasteiger partial charge in [0.1, 0.15) is 0 Å². The van der Waals surface area contributed by atoms with Crippen LogP contribution in [-0.4, -0.2) is 38.8 Å². The van der Waals surface area contributed by atoms with Crippen LogP contribution in [0, 0.1) is 0 Å². The van der Waals surface area contributed by atoms with E-state index in [4.69, 9.17) is 0 Å². The molecule has 15 heavy (non-hydrogen) atoms. The number of aryl methyl sites for hydroxylation is 1. The van der Waals surface area contributed by atoms with E-state index in [0.29, 0.717) is 6.04 Å². The van der Waals surface area contributed by atoms with Crippen molar-refractivity contribution >= 4 is 0 Å². The van der Waals surface area contributed by atoms with Crippen LogP contribution in [0.4, 0.5) is 0 Å². The summed E-state index contributed by atoms with van der Waals surface area (Å²) in [5, 5.41) is 20.6. The van der Waals surface area contributed by atoms with Crippen LogP contribution in [-0.2, 0) is 6.54 Å². The molecule has 0 radical (unpaired) electrons. The highest BCUT2D eigenvalue weighted by Crippen LogP contribution is 2.18. The Morgan fingerprint density at radius 2 is 2.40 bits per heavy atom. The van der Waals surface area contributed by atoms with Gasteiger partial charge in [-0.15, -0.1) is 5.10 Å². The molecule has 1 aromatic rings. The predicted octanol–water partition coefficient (Wildman–Crippen LogP) is 0.171. The first-order valence-corrected chi connectivity index (χ1v) is 5.62. The minimum Gasteiger partial charge on any atom is -0.392 e. The fraction of sp³-hybridized carbons (Fsp3) is 0.800. The molecule has 84 valence electrons. The smallest absolute Gasteiger partial charge is 0.0693 e. The molecular formula is C10H18N4O. The molecular weight excluding hydrogens is 192 g/mol. The Kier molecular flexibility index (Phi) is 3.69. The van der Waals surface area contributed by atoms with Gasteiger partial charge in [0.05, 0.1) is 12.3 Å². The van der Waals surface area contributed by atoms with Crippen LogP contribution in [0.1, 0.15) is 25.7 Å². The first-order chi connectivity index (χ1) is 7.36. The van der Waals surface area contributed by atoms with E-state index in [1.54, 1.807) is 6.20 Å². The molecule has 2 N–H and O–H groups in total. The van der Waals surface area contributed by atoms with E-state index in [2.05, 4.69) is 15.6 Å². The SMILES string of the molecule is OC1CCCC1NCCCn1ccnn1. The number of aliphatic hydroxyl groups excluding tert-OH is 1. The molecule has 1 aromatic heterocycles. The Labute approximate surface area is 89.5 Å².